The van der Waals surface area contributed by atoms with Crippen LogP contribution in [0.4, 0.5) is 11.4 Å². The van der Waals surface area contributed by atoms with E-state index < -0.39 is 0 Å². The van der Waals surface area contributed by atoms with Gasteiger partial charge in [0.15, 0.2) is 0 Å². The molecule has 29 heavy (non-hydrogen) atoms. The highest BCUT2D eigenvalue weighted by atomic mass is 16.5. The summed E-state index contributed by atoms with van der Waals surface area (Å²) < 4.78 is 5.66. The Morgan fingerprint density at radius 3 is 2.59 bits per heavy atom. The van der Waals surface area contributed by atoms with Gasteiger partial charge in [-0.15, -0.1) is 0 Å². The van der Waals surface area contributed by atoms with Crippen molar-refractivity contribution in [1.82, 2.24) is 4.90 Å². The molecular formula is C25H39N3O. The van der Waals surface area contributed by atoms with E-state index in [0.717, 1.165) is 25.3 Å². The molecule has 1 aromatic rings. The lowest BCUT2D eigenvalue weighted by molar-refractivity contribution is 0.00756. The van der Waals surface area contributed by atoms with E-state index in [1.54, 1.807) is 0 Å². The molecule has 0 N–H and O–H groups in total. The van der Waals surface area contributed by atoms with Gasteiger partial charge in [0, 0.05) is 62.9 Å². The summed E-state index contributed by atoms with van der Waals surface area (Å²) in [5.41, 5.74) is 4.84. The Morgan fingerprint density at radius 1 is 0.966 bits per heavy atom. The first kappa shape index (κ1) is 19.7. The third-order valence-electron chi connectivity index (χ3n) is 8.34. The molecule has 1 aromatic carbocycles. The topological polar surface area (TPSA) is 19.0 Å². The van der Waals surface area contributed by atoms with Crippen molar-refractivity contribution in [3.8, 4) is 0 Å². The number of benzene rings is 1. The van der Waals surface area contributed by atoms with Crippen LogP contribution in [0.1, 0.15) is 57.4 Å². The second kappa shape index (κ2) is 8.11. The van der Waals surface area contributed by atoms with Crippen molar-refractivity contribution >= 4 is 11.4 Å². The molecule has 1 spiro atoms. The van der Waals surface area contributed by atoms with Gasteiger partial charge < -0.3 is 14.5 Å². The van der Waals surface area contributed by atoms with Crippen LogP contribution in [0.3, 0.4) is 0 Å². The van der Waals surface area contributed by atoms with Gasteiger partial charge in [0.25, 0.3) is 0 Å². The molecule has 4 fully saturated rings. The summed E-state index contributed by atoms with van der Waals surface area (Å²) in [6.07, 6.45) is 9.27. The summed E-state index contributed by atoms with van der Waals surface area (Å²) in [5.74, 6) is 0. The molecular weight excluding hydrogens is 358 g/mol. The number of rotatable bonds is 3. The maximum absolute atomic E-state index is 5.66. The Balaban J connectivity index is 1.27. The lowest BCUT2D eigenvalue weighted by Gasteiger charge is -2.46. The molecule has 4 saturated heterocycles. The van der Waals surface area contributed by atoms with Crippen LogP contribution in [0.2, 0.25) is 0 Å². The van der Waals surface area contributed by atoms with Crippen molar-refractivity contribution < 1.29 is 4.74 Å². The van der Waals surface area contributed by atoms with E-state index in [0.29, 0.717) is 5.41 Å². The SMILES string of the molecule is Cc1cc(N2CC[C@@H](N3CCC[C@@H]3C)C2)ccc1N1CCCC2(CCOCC2)C1. The molecule has 0 aliphatic carbocycles. The van der Waals surface area contributed by atoms with Gasteiger partial charge in [0.05, 0.1) is 0 Å². The average Bonchev–Trinajstić information content (AvgIpc) is 3.37. The second-order valence-electron chi connectivity index (χ2n) is 10.2. The fraction of sp³-hybridized carbons (Fsp3) is 0.760. The fourth-order valence-corrected chi connectivity index (χ4v) is 6.56. The summed E-state index contributed by atoms with van der Waals surface area (Å²) in [6.45, 7) is 12.8. The third kappa shape index (κ3) is 3.90. The van der Waals surface area contributed by atoms with Crippen LogP contribution in [0.25, 0.3) is 0 Å². The van der Waals surface area contributed by atoms with Crippen LogP contribution >= 0.6 is 0 Å². The van der Waals surface area contributed by atoms with Gasteiger partial charge in [-0.2, -0.15) is 0 Å². The monoisotopic (exact) mass is 397 g/mol. The van der Waals surface area contributed by atoms with Crippen molar-refractivity contribution in [1.29, 1.82) is 0 Å². The van der Waals surface area contributed by atoms with Crippen molar-refractivity contribution in [2.75, 3.05) is 55.7 Å². The summed E-state index contributed by atoms with van der Waals surface area (Å²) in [6, 6.07) is 8.79. The van der Waals surface area contributed by atoms with Crippen LogP contribution in [0.15, 0.2) is 18.2 Å². The van der Waals surface area contributed by atoms with Crippen molar-refractivity contribution in [2.24, 2.45) is 5.41 Å². The van der Waals surface area contributed by atoms with Gasteiger partial charge in [-0.25, -0.2) is 0 Å². The number of hydrogen-bond donors (Lipinski definition) is 0. The minimum absolute atomic E-state index is 0.496. The number of anilines is 2. The van der Waals surface area contributed by atoms with Crippen molar-refractivity contribution in [3.63, 3.8) is 0 Å². The highest BCUT2D eigenvalue weighted by Crippen LogP contribution is 2.41. The van der Waals surface area contributed by atoms with E-state index in [9.17, 15) is 0 Å². The van der Waals surface area contributed by atoms with Crippen LogP contribution in [0.5, 0.6) is 0 Å². The lowest BCUT2D eigenvalue weighted by Crippen LogP contribution is -2.46. The molecule has 0 aromatic heterocycles. The first-order valence-electron chi connectivity index (χ1n) is 12.1. The molecule has 4 nitrogen and oxygen atoms in total. The standard InChI is InChI=1S/C25H39N3O/c1-20-17-22(26-14-8-23(18-26)28-13-3-5-21(28)2)6-7-24(20)27-12-4-9-25(19-27)10-15-29-16-11-25/h6-7,17,21,23H,3-5,8-16,18-19H2,1-2H3/t21-,23+/m0/s1. The van der Waals surface area contributed by atoms with Gasteiger partial charge in [0.1, 0.15) is 0 Å². The summed E-state index contributed by atoms with van der Waals surface area (Å²) in [4.78, 5) is 8.07. The molecule has 4 aliphatic rings. The number of nitrogens with zero attached hydrogens (tertiary/aromatic N) is 3. The van der Waals surface area contributed by atoms with Gasteiger partial charge in [-0.3, -0.25) is 4.90 Å². The highest BCUT2D eigenvalue weighted by molar-refractivity contribution is 5.62. The van der Waals surface area contributed by atoms with Gasteiger partial charge >= 0.3 is 0 Å². The molecule has 0 saturated carbocycles. The predicted octanol–water partition coefficient (Wildman–Crippen LogP) is 4.46. The van der Waals surface area contributed by atoms with Crippen LogP contribution in [0, 0.1) is 12.3 Å². The van der Waals surface area contributed by atoms with E-state index >= 15 is 0 Å². The molecule has 2 atom stereocenters. The Bertz CT molecular complexity index is 709. The summed E-state index contributed by atoms with van der Waals surface area (Å²) in [5, 5.41) is 0. The zero-order chi connectivity index (χ0) is 19.8. The highest BCUT2D eigenvalue weighted by Gasteiger charge is 2.37. The van der Waals surface area contributed by atoms with Crippen molar-refractivity contribution in [2.45, 2.75) is 70.9 Å². The molecule has 0 unspecified atom stereocenters. The molecule has 0 bridgehead atoms. The van der Waals surface area contributed by atoms with Crippen LogP contribution in [-0.4, -0.2) is 62.9 Å². The quantitative estimate of drug-likeness (QED) is 0.750. The van der Waals surface area contributed by atoms with Crippen LogP contribution < -0.4 is 9.80 Å². The van der Waals surface area contributed by atoms with E-state index in [-0.39, 0.29) is 0 Å². The van der Waals surface area contributed by atoms with E-state index in [1.165, 1.54) is 94.6 Å². The molecule has 0 amide bonds. The first-order chi connectivity index (χ1) is 14.1. The lowest BCUT2D eigenvalue weighted by atomic mass is 9.73. The third-order valence-corrected chi connectivity index (χ3v) is 8.34. The smallest absolute Gasteiger partial charge is 0.0472 e. The van der Waals surface area contributed by atoms with Gasteiger partial charge in [-0.1, -0.05) is 0 Å². The minimum Gasteiger partial charge on any atom is -0.381 e. The molecule has 5 rings (SSSR count). The second-order valence-corrected chi connectivity index (χ2v) is 10.2. The number of ether oxygens (including phenoxy) is 1. The van der Waals surface area contributed by atoms with E-state index in [4.69, 9.17) is 4.74 Å². The Morgan fingerprint density at radius 2 is 1.83 bits per heavy atom. The maximum Gasteiger partial charge on any atom is 0.0472 e. The Kier molecular flexibility index (Phi) is 5.51. The normalized spacial score (nSPS) is 30.4. The number of piperidine rings is 1. The summed E-state index contributed by atoms with van der Waals surface area (Å²) in [7, 11) is 0. The Labute approximate surface area is 177 Å². The zero-order valence-electron chi connectivity index (χ0n) is 18.5. The van der Waals surface area contributed by atoms with Crippen LogP contribution in [-0.2, 0) is 4.74 Å². The maximum atomic E-state index is 5.66. The number of aryl methyl sites for hydroxylation is 1. The molecule has 4 heteroatoms. The largest absolute Gasteiger partial charge is 0.381 e. The van der Waals surface area contributed by atoms with Crippen molar-refractivity contribution in [3.05, 3.63) is 23.8 Å². The summed E-state index contributed by atoms with van der Waals surface area (Å²) >= 11 is 0. The number of likely N-dealkylation sites (tertiary alicyclic amines) is 1. The fourth-order valence-electron chi connectivity index (χ4n) is 6.56. The molecule has 160 valence electrons. The molecule has 4 heterocycles. The van der Waals surface area contributed by atoms with E-state index in [1.807, 2.05) is 0 Å². The minimum atomic E-state index is 0.496. The predicted molar refractivity (Wildman–Crippen MR) is 121 cm³/mol. The average molecular weight is 398 g/mol. The van der Waals surface area contributed by atoms with Gasteiger partial charge in [-0.05, 0) is 94.5 Å². The first-order valence-corrected chi connectivity index (χ1v) is 12.1. The molecule has 0 radical (unpaired) electrons. The number of hydrogen-bond acceptors (Lipinski definition) is 4. The zero-order valence-corrected chi connectivity index (χ0v) is 18.5. The van der Waals surface area contributed by atoms with Gasteiger partial charge in [0.2, 0.25) is 0 Å². The molecule has 4 aliphatic heterocycles. The van der Waals surface area contributed by atoms with E-state index in [2.05, 4.69) is 46.7 Å². The Hall–Kier alpha value is -1.26.